The number of nitrogens with zero attached hydrogens (tertiary/aromatic N) is 1. The van der Waals surface area contributed by atoms with Crippen LogP contribution in [0.3, 0.4) is 0 Å². The first kappa shape index (κ1) is 17.6. The van der Waals surface area contributed by atoms with Crippen LogP contribution in [-0.4, -0.2) is 12.5 Å². The molecule has 0 saturated carbocycles. The lowest BCUT2D eigenvalue weighted by atomic mass is 9.64. The SMILES string of the molecule is CC.CC(C)(C)C(=O)[B-]1(F)O[n+]2ccccc2C(C)(C)O1. The molecule has 0 saturated heterocycles. The third-order valence-electron chi connectivity index (χ3n) is 3.19. The zero-order valence-corrected chi connectivity index (χ0v) is 13.9. The van der Waals surface area contributed by atoms with E-state index in [2.05, 4.69) is 0 Å². The number of hydrogen-bond donors (Lipinski definition) is 0. The fourth-order valence-corrected chi connectivity index (χ4v) is 2.21. The van der Waals surface area contributed by atoms with E-state index in [1.165, 1.54) is 4.73 Å². The fourth-order valence-electron chi connectivity index (χ4n) is 2.21. The highest BCUT2D eigenvalue weighted by Crippen LogP contribution is 2.33. The Morgan fingerprint density at radius 2 is 1.86 bits per heavy atom. The zero-order valence-electron chi connectivity index (χ0n) is 13.9. The van der Waals surface area contributed by atoms with Gasteiger partial charge in [0.05, 0.1) is 5.68 Å². The molecular formula is C15H25BFNO3. The lowest BCUT2D eigenvalue weighted by Gasteiger charge is -2.43. The molecule has 0 fully saturated rings. The van der Waals surface area contributed by atoms with Crippen LogP contribution in [0.2, 0.25) is 0 Å². The number of halogens is 1. The molecule has 1 atom stereocenters. The Balaban J connectivity index is 0.00000106. The number of aromatic nitrogens is 1. The van der Waals surface area contributed by atoms with Crippen LogP contribution >= 0.6 is 0 Å². The van der Waals surface area contributed by atoms with Crippen LogP contribution in [0.1, 0.15) is 54.2 Å². The molecule has 0 spiro atoms. The summed E-state index contributed by atoms with van der Waals surface area (Å²) in [6, 6.07) is 5.30. The van der Waals surface area contributed by atoms with Crippen molar-refractivity contribution in [3.63, 3.8) is 0 Å². The number of carbonyl (C=O) groups is 1. The summed E-state index contributed by atoms with van der Waals surface area (Å²) < 4.78 is 26.7. The Morgan fingerprint density at radius 3 is 2.38 bits per heavy atom. The van der Waals surface area contributed by atoms with Crippen molar-refractivity contribution < 1.29 is 23.3 Å². The van der Waals surface area contributed by atoms with Crippen molar-refractivity contribution in [1.82, 2.24) is 0 Å². The second-order valence-electron chi connectivity index (χ2n) is 6.38. The lowest BCUT2D eigenvalue weighted by molar-refractivity contribution is -0.882. The van der Waals surface area contributed by atoms with E-state index in [0.29, 0.717) is 5.69 Å². The quantitative estimate of drug-likeness (QED) is 0.591. The second-order valence-corrected chi connectivity index (χ2v) is 6.38. The van der Waals surface area contributed by atoms with Gasteiger partial charge >= 0.3 is 6.83 Å². The van der Waals surface area contributed by atoms with Gasteiger partial charge in [-0.25, -0.2) is 0 Å². The number of pyridine rings is 1. The highest BCUT2D eigenvalue weighted by atomic mass is 19.1. The molecule has 21 heavy (non-hydrogen) atoms. The van der Waals surface area contributed by atoms with Crippen molar-refractivity contribution in [2.75, 3.05) is 0 Å². The minimum absolute atomic E-state index is 0.659. The smallest absolute Gasteiger partial charge is 0.509 e. The average molecular weight is 297 g/mol. The normalized spacial score (nSPS) is 23.2. The van der Waals surface area contributed by atoms with E-state index in [9.17, 15) is 9.11 Å². The molecule has 1 aromatic rings. The van der Waals surface area contributed by atoms with Gasteiger partial charge in [0.2, 0.25) is 6.20 Å². The van der Waals surface area contributed by atoms with Crippen LogP contribution in [0, 0.1) is 5.41 Å². The Hall–Kier alpha value is -1.43. The standard InChI is InChI=1S/C13H19BFNO3.C2H6/c1-12(2,3)11(17)14(15)18-13(4,5)10-8-6-7-9-16(10)19-14;1-2/h6-9H,1-5H3;1-2H3. The number of carbonyl (C=O) groups excluding carboxylic acids is 1. The van der Waals surface area contributed by atoms with Crippen molar-refractivity contribution in [2.45, 2.75) is 54.1 Å². The maximum atomic E-state index is 14.9. The van der Waals surface area contributed by atoms with Gasteiger partial charge in [0.1, 0.15) is 5.60 Å². The van der Waals surface area contributed by atoms with E-state index in [-0.39, 0.29) is 0 Å². The van der Waals surface area contributed by atoms with E-state index in [1.807, 2.05) is 19.9 Å². The van der Waals surface area contributed by atoms with Gasteiger partial charge in [-0.15, -0.1) is 0 Å². The molecule has 0 aliphatic carbocycles. The molecule has 0 bridgehead atoms. The van der Waals surface area contributed by atoms with Gasteiger partial charge in [-0.05, 0) is 30.1 Å². The molecule has 1 aromatic heterocycles. The van der Waals surface area contributed by atoms with E-state index in [1.54, 1.807) is 52.9 Å². The summed E-state index contributed by atoms with van der Waals surface area (Å²) in [4.78, 5) is 12.2. The van der Waals surface area contributed by atoms with Gasteiger partial charge in [0, 0.05) is 12.1 Å². The highest BCUT2D eigenvalue weighted by molar-refractivity contribution is 6.92. The maximum absolute atomic E-state index is 14.9. The third kappa shape index (κ3) is 3.43. The molecule has 1 aliphatic heterocycles. The summed E-state index contributed by atoms with van der Waals surface area (Å²) in [7, 11) is 0. The summed E-state index contributed by atoms with van der Waals surface area (Å²) in [5.41, 5.74) is -1.83. The van der Waals surface area contributed by atoms with Crippen molar-refractivity contribution in [1.29, 1.82) is 0 Å². The van der Waals surface area contributed by atoms with E-state index in [4.69, 9.17) is 9.41 Å². The number of rotatable bonds is 1. The van der Waals surface area contributed by atoms with Gasteiger partial charge in [-0.2, -0.15) is 0 Å². The summed E-state index contributed by atoms with van der Waals surface area (Å²) >= 11 is 0. The van der Waals surface area contributed by atoms with Crippen LogP contribution in [0.4, 0.5) is 4.32 Å². The van der Waals surface area contributed by atoms with Gasteiger partial charge in [-0.3, -0.25) is 0 Å². The molecule has 2 rings (SSSR count). The molecule has 1 aliphatic rings. The highest BCUT2D eigenvalue weighted by Gasteiger charge is 2.56. The summed E-state index contributed by atoms with van der Waals surface area (Å²) in [6.07, 6.45) is 1.58. The van der Waals surface area contributed by atoms with E-state index >= 15 is 0 Å². The summed E-state index contributed by atoms with van der Waals surface area (Å²) in [5, 5.41) is 0. The molecule has 6 heteroatoms. The van der Waals surface area contributed by atoms with Gasteiger partial charge in [-0.1, -0.05) is 34.6 Å². The first-order valence-electron chi connectivity index (χ1n) is 7.34. The van der Waals surface area contributed by atoms with E-state index < -0.39 is 23.5 Å². The van der Waals surface area contributed by atoms with E-state index in [0.717, 1.165) is 0 Å². The lowest BCUT2D eigenvalue weighted by Crippen LogP contribution is -2.73. The van der Waals surface area contributed by atoms with Crippen LogP contribution in [0.25, 0.3) is 0 Å². The van der Waals surface area contributed by atoms with Crippen molar-refractivity contribution >= 4 is 12.5 Å². The predicted molar refractivity (Wildman–Crippen MR) is 80.0 cm³/mol. The Kier molecular flexibility index (Phi) is 4.83. The summed E-state index contributed by atoms with van der Waals surface area (Å²) in [6.45, 7) is 8.83. The largest absolute Gasteiger partial charge is 0.592 e. The van der Waals surface area contributed by atoms with Crippen LogP contribution < -0.4 is 9.49 Å². The molecule has 0 N–H and O–H groups in total. The molecule has 0 radical (unpaired) electrons. The maximum Gasteiger partial charge on any atom is 0.592 e. The zero-order chi connectivity index (χ0) is 16.5. The Bertz CT molecular complexity index is 528. The van der Waals surface area contributed by atoms with Crippen LogP contribution in [0.5, 0.6) is 0 Å². The second kappa shape index (κ2) is 5.75. The van der Waals surface area contributed by atoms with Crippen molar-refractivity contribution in [2.24, 2.45) is 5.41 Å². The molecule has 118 valence electrons. The predicted octanol–water partition coefficient (Wildman–Crippen LogP) is 2.76. The number of hydrogen-bond acceptors (Lipinski definition) is 3. The third-order valence-corrected chi connectivity index (χ3v) is 3.19. The van der Waals surface area contributed by atoms with Gasteiger partial charge in [0.15, 0.2) is 0 Å². The summed E-state index contributed by atoms with van der Waals surface area (Å²) in [5.74, 6) is 0. The van der Waals surface area contributed by atoms with Crippen LogP contribution in [0.15, 0.2) is 24.4 Å². The molecule has 4 nitrogen and oxygen atoms in total. The topological polar surface area (TPSA) is 39.4 Å². The van der Waals surface area contributed by atoms with Gasteiger partial charge in [0.25, 0.3) is 5.69 Å². The molecule has 2 heterocycles. The van der Waals surface area contributed by atoms with Gasteiger partial charge < -0.3 is 18.5 Å². The average Bonchev–Trinajstić information content (AvgIpc) is 2.38. The molecule has 1 unspecified atom stereocenters. The number of fused-ring (bicyclic) bond motifs is 1. The Morgan fingerprint density at radius 1 is 1.29 bits per heavy atom. The van der Waals surface area contributed by atoms with Crippen molar-refractivity contribution in [3.8, 4) is 0 Å². The molecule has 0 amide bonds. The first-order chi connectivity index (χ1) is 9.56. The monoisotopic (exact) mass is 297 g/mol. The molecule has 0 aromatic carbocycles. The minimum atomic E-state index is -3.52. The van der Waals surface area contributed by atoms with Crippen molar-refractivity contribution in [3.05, 3.63) is 30.1 Å². The minimum Gasteiger partial charge on any atom is -0.509 e. The fraction of sp³-hybridized carbons (Fsp3) is 0.600. The molecular weight excluding hydrogens is 272 g/mol. The van der Waals surface area contributed by atoms with Crippen LogP contribution in [-0.2, 0) is 15.0 Å². The Labute approximate surface area is 126 Å². The first-order valence-corrected chi connectivity index (χ1v) is 7.34.